The molecule has 2 aliphatic rings. The summed E-state index contributed by atoms with van der Waals surface area (Å²) in [6.45, 7) is 2.97. The van der Waals surface area contributed by atoms with E-state index in [1.54, 1.807) is 18.2 Å². The Morgan fingerprint density at radius 3 is 3.04 bits per heavy atom. The van der Waals surface area contributed by atoms with Crippen molar-refractivity contribution in [2.45, 2.75) is 43.5 Å². The molecule has 1 aromatic heterocycles. The first-order chi connectivity index (χ1) is 13.0. The molecule has 0 unspecified atom stereocenters. The van der Waals surface area contributed by atoms with Gasteiger partial charge in [0.1, 0.15) is 0 Å². The van der Waals surface area contributed by atoms with Crippen LogP contribution in [0, 0.1) is 0 Å². The lowest BCUT2D eigenvalue weighted by Crippen LogP contribution is -2.25. The van der Waals surface area contributed by atoms with Crippen molar-refractivity contribution >= 4 is 29.1 Å². The van der Waals surface area contributed by atoms with Crippen LogP contribution in [0.1, 0.15) is 41.6 Å². The molecule has 0 aliphatic carbocycles. The number of benzene rings is 1. The molecule has 27 heavy (non-hydrogen) atoms. The third-order valence-corrected chi connectivity index (χ3v) is 5.93. The van der Waals surface area contributed by atoms with Gasteiger partial charge < -0.3 is 10.1 Å². The second-order valence-corrected chi connectivity index (χ2v) is 7.72. The van der Waals surface area contributed by atoms with Crippen molar-refractivity contribution in [3.8, 4) is 0 Å². The topological polar surface area (TPSA) is 106 Å². The molecule has 8 nitrogen and oxygen atoms in total. The van der Waals surface area contributed by atoms with Gasteiger partial charge in [0.15, 0.2) is 10.9 Å². The van der Waals surface area contributed by atoms with Crippen molar-refractivity contribution < 1.29 is 14.3 Å². The second-order valence-electron chi connectivity index (χ2n) is 6.78. The highest BCUT2D eigenvalue weighted by molar-refractivity contribution is 7.99. The van der Waals surface area contributed by atoms with Crippen LogP contribution in [0.4, 0.5) is 5.69 Å². The van der Waals surface area contributed by atoms with Crippen LogP contribution in [-0.2, 0) is 16.1 Å². The first-order valence-electron chi connectivity index (χ1n) is 8.90. The molecule has 2 atom stereocenters. The molecular weight excluding hydrogens is 368 g/mol. The average molecular weight is 388 g/mol. The Bertz CT molecular complexity index is 945. The Kier molecular flexibility index (Phi) is 4.88. The van der Waals surface area contributed by atoms with Gasteiger partial charge in [-0.1, -0.05) is 11.8 Å². The minimum Gasteiger partial charge on any atom is -0.376 e. The predicted molar refractivity (Wildman–Crippen MR) is 100 cm³/mol. The highest BCUT2D eigenvalue weighted by Gasteiger charge is 2.27. The van der Waals surface area contributed by atoms with Crippen molar-refractivity contribution in [2.75, 3.05) is 17.7 Å². The zero-order valence-electron chi connectivity index (χ0n) is 14.9. The average Bonchev–Trinajstić information content (AvgIpc) is 3.36. The summed E-state index contributed by atoms with van der Waals surface area (Å²) >= 11 is 1.22. The van der Waals surface area contributed by atoms with E-state index in [2.05, 4.69) is 15.5 Å². The molecule has 0 radical (unpaired) electrons. The maximum Gasteiger partial charge on any atom is 0.344 e. The van der Waals surface area contributed by atoms with E-state index in [4.69, 9.17) is 4.74 Å². The number of Topliss-reactive ketones (excluding diaryl/α,β-unsaturated/α-hetero) is 1. The van der Waals surface area contributed by atoms with Gasteiger partial charge in [0, 0.05) is 17.9 Å². The van der Waals surface area contributed by atoms with Gasteiger partial charge in [0.2, 0.25) is 5.91 Å². The SMILES string of the molecule is C[C@@H]1C(=O)Nc2ccc(C(=O)CSc3n[nH]c(=O)n3C[C@@H]3CCCO3)cc21. The van der Waals surface area contributed by atoms with Crippen molar-refractivity contribution in [1.82, 2.24) is 14.8 Å². The molecule has 142 valence electrons. The summed E-state index contributed by atoms with van der Waals surface area (Å²) < 4.78 is 7.11. The van der Waals surface area contributed by atoms with Gasteiger partial charge in [-0.05, 0) is 43.5 Å². The number of carbonyl (C=O) groups excluding carboxylic acids is 2. The predicted octanol–water partition coefficient (Wildman–Crippen LogP) is 1.78. The molecule has 2 N–H and O–H groups in total. The number of ketones is 1. The van der Waals surface area contributed by atoms with Crippen LogP contribution in [0.25, 0.3) is 0 Å². The maximum absolute atomic E-state index is 12.6. The minimum absolute atomic E-state index is 0.0126. The van der Waals surface area contributed by atoms with Crippen LogP contribution in [0.3, 0.4) is 0 Å². The Labute approximate surface area is 159 Å². The number of aromatic amines is 1. The molecule has 0 spiro atoms. The molecule has 2 aliphatic heterocycles. The molecule has 3 heterocycles. The van der Waals surface area contributed by atoms with Crippen LogP contribution in [0.5, 0.6) is 0 Å². The van der Waals surface area contributed by atoms with Gasteiger partial charge >= 0.3 is 5.69 Å². The number of amides is 1. The third-order valence-electron chi connectivity index (χ3n) is 4.96. The van der Waals surface area contributed by atoms with Crippen LogP contribution in [0.15, 0.2) is 28.2 Å². The number of hydrogen-bond acceptors (Lipinski definition) is 6. The first kappa shape index (κ1) is 18.0. The fourth-order valence-electron chi connectivity index (χ4n) is 3.37. The summed E-state index contributed by atoms with van der Waals surface area (Å²) in [4.78, 5) is 36.3. The lowest BCUT2D eigenvalue weighted by Gasteiger charge is -2.11. The van der Waals surface area contributed by atoms with Gasteiger partial charge in [-0.25, -0.2) is 9.89 Å². The summed E-state index contributed by atoms with van der Waals surface area (Å²) in [7, 11) is 0. The van der Waals surface area contributed by atoms with Crippen molar-refractivity contribution in [1.29, 1.82) is 0 Å². The van der Waals surface area contributed by atoms with Gasteiger partial charge in [-0.3, -0.25) is 14.2 Å². The highest BCUT2D eigenvalue weighted by atomic mass is 32.2. The molecule has 4 rings (SSSR count). The molecular formula is C18H20N4O4S. The second kappa shape index (κ2) is 7.32. The standard InChI is InChI=1S/C18H20N4O4S/c1-10-13-7-11(4-5-14(13)19-16(10)24)15(23)9-27-18-21-20-17(25)22(18)8-12-3-2-6-26-12/h4-5,7,10,12H,2-3,6,8-9H2,1H3,(H,19,24)(H,20,25)/t10-,12-/m0/s1. The number of H-pyrrole nitrogens is 1. The zero-order chi connectivity index (χ0) is 19.0. The summed E-state index contributed by atoms with van der Waals surface area (Å²) in [6.07, 6.45) is 1.92. The molecule has 9 heteroatoms. The number of nitrogens with zero attached hydrogens (tertiary/aromatic N) is 2. The van der Waals surface area contributed by atoms with Crippen molar-refractivity contribution in [3.05, 3.63) is 39.8 Å². The summed E-state index contributed by atoms with van der Waals surface area (Å²) in [5.41, 5.74) is 1.85. The summed E-state index contributed by atoms with van der Waals surface area (Å²) in [5.74, 6) is -0.236. The monoisotopic (exact) mass is 388 g/mol. The number of anilines is 1. The highest BCUT2D eigenvalue weighted by Crippen LogP contribution is 2.33. The fourth-order valence-corrected chi connectivity index (χ4v) is 4.22. The van der Waals surface area contributed by atoms with E-state index >= 15 is 0 Å². The number of ether oxygens (including phenoxy) is 1. The number of rotatable bonds is 6. The van der Waals surface area contributed by atoms with Crippen molar-refractivity contribution in [2.24, 2.45) is 0 Å². The summed E-state index contributed by atoms with van der Waals surface area (Å²) in [6, 6.07) is 5.24. The number of nitrogens with one attached hydrogen (secondary N) is 2. The van der Waals surface area contributed by atoms with Gasteiger partial charge in [-0.2, -0.15) is 0 Å². The molecule has 1 fully saturated rings. The molecule has 1 aromatic carbocycles. The molecule has 0 bridgehead atoms. The zero-order valence-corrected chi connectivity index (χ0v) is 15.7. The molecule has 1 amide bonds. The van der Waals surface area contributed by atoms with Crippen LogP contribution in [0.2, 0.25) is 0 Å². The van der Waals surface area contributed by atoms with E-state index < -0.39 is 0 Å². The van der Waals surface area contributed by atoms with Gasteiger partial charge in [-0.15, -0.1) is 5.10 Å². The van der Waals surface area contributed by atoms with E-state index in [0.717, 1.165) is 24.1 Å². The Morgan fingerprint density at radius 2 is 2.26 bits per heavy atom. The third kappa shape index (κ3) is 3.57. The van der Waals surface area contributed by atoms with Crippen molar-refractivity contribution in [3.63, 3.8) is 0 Å². The number of aromatic nitrogens is 3. The minimum atomic E-state index is -0.295. The molecule has 1 saturated heterocycles. The molecule has 2 aromatic rings. The fraction of sp³-hybridized carbons (Fsp3) is 0.444. The smallest absolute Gasteiger partial charge is 0.344 e. The maximum atomic E-state index is 12.6. The van der Waals surface area contributed by atoms with E-state index in [1.165, 1.54) is 16.3 Å². The number of carbonyl (C=O) groups is 2. The van der Waals surface area contributed by atoms with E-state index in [-0.39, 0.29) is 35.2 Å². The lowest BCUT2D eigenvalue weighted by atomic mass is 9.99. The lowest BCUT2D eigenvalue weighted by molar-refractivity contribution is -0.116. The first-order valence-corrected chi connectivity index (χ1v) is 9.89. The van der Waals surface area contributed by atoms with Crippen LogP contribution in [-0.4, -0.2) is 44.9 Å². The Hall–Kier alpha value is -2.39. The van der Waals surface area contributed by atoms with E-state index in [1.807, 2.05) is 6.92 Å². The van der Waals surface area contributed by atoms with E-state index in [9.17, 15) is 14.4 Å². The quantitative estimate of drug-likeness (QED) is 0.577. The number of thioether (sulfide) groups is 1. The van der Waals surface area contributed by atoms with Crippen LogP contribution < -0.4 is 11.0 Å². The number of fused-ring (bicyclic) bond motifs is 1. The van der Waals surface area contributed by atoms with Gasteiger partial charge in [0.05, 0.1) is 24.3 Å². The van der Waals surface area contributed by atoms with Crippen LogP contribution >= 0.6 is 11.8 Å². The molecule has 0 saturated carbocycles. The number of hydrogen-bond donors (Lipinski definition) is 2. The summed E-state index contributed by atoms with van der Waals surface area (Å²) in [5, 5.41) is 9.75. The Morgan fingerprint density at radius 1 is 1.41 bits per heavy atom. The van der Waals surface area contributed by atoms with E-state index in [0.29, 0.717) is 23.9 Å². The largest absolute Gasteiger partial charge is 0.376 e. The van der Waals surface area contributed by atoms with Gasteiger partial charge in [0.25, 0.3) is 0 Å². The normalized spacial score (nSPS) is 21.3. The Balaban J connectivity index is 1.44.